The van der Waals surface area contributed by atoms with Crippen LogP contribution in [0.25, 0.3) is 16.7 Å². The van der Waals surface area contributed by atoms with Crippen LogP contribution in [0.15, 0.2) is 60.8 Å². The first-order valence-corrected chi connectivity index (χ1v) is 7.99. The second-order valence-corrected chi connectivity index (χ2v) is 5.65. The average molecular weight is 320 g/mol. The Balaban J connectivity index is 1.76. The number of hydrogen-bond donors (Lipinski definition) is 0. The Morgan fingerprint density at radius 2 is 1.92 bits per heavy atom. The molecule has 0 aliphatic heterocycles. The normalized spacial score (nSPS) is 11.2. The van der Waals surface area contributed by atoms with Gasteiger partial charge in [-0.1, -0.05) is 18.2 Å². The second kappa shape index (κ2) is 5.92. The molecular formula is C19H17FN4. The fourth-order valence-corrected chi connectivity index (χ4v) is 3.08. The Bertz CT molecular complexity index is 999. The Labute approximate surface area is 139 Å². The van der Waals surface area contributed by atoms with E-state index in [1.54, 1.807) is 16.9 Å². The number of aryl methyl sites for hydroxylation is 1. The number of imidazole rings is 1. The predicted octanol–water partition coefficient (Wildman–Crippen LogP) is 3.97. The minimum absolute atomic E-state index is 0.269. The first-order valence-electron chi connectivity index (χ1n) is 7.99. The number of nitrogens with zero attached hydrogens (tertiary/aromatic N) is 4. The molecule has 0 saturated heterocycles. The maximum atomic E-state index is 13.5. The molecule has 4 nitrogen and oxygen atoms in total. The van der Waals surface area contributed by atoms with Crippen molar-refractivity contribution in [1.82, 2.24) is 19.3 Å². The highest BCUT2D eigenvalue weighted by molar-refractivity contribution is 5.76. The minimum atomic E-state index is -0.269. The van der Waals surface area contributed by atoms with Crippen LogP contribution in [-0.4, -0.2) is 19.3 Å². The van der Waals surface area contributed by atoms with Crippen LogP contribution in [0, 0.1) is 5.82 Å². The molecule has 0 aliphatic carbocycles. The quantitative estimate of drug-likeness (QED) is 0.570. The van der Waals surface area contributed by atoms with Gasteiger partial charge in [0.15, 0.2) is 0 Å². The van der Waals surface area contributed by atoms with Gasteiger partial charge in [-0.2, -0.15) is 5.10 Å². The summed E-state index contributed by atoms with van der Waals surface area (Å²) in [4.78, 5) is 4.76. The van der Waals surface area contributed by atoms with E-state index in [1.165, 1.54) is 12.1 Å². The highest BCUT2D eigenvalue weighted by Crippen LogP contribution is 2.20. The van der Waals surface area contributed by atoms with Crippen molar-refractivity contribution in [2.24, 2.45) is 0 Å². The maximum Gasteiger partial charge on any atom is 0.125 e. The third-order valence-corrected chi connectivity index (χ3v) is 4.16. The standard InChI is InChI=1S/C19H17FN4/c1-2-23-18-9-4-3-8-17(18)22-19(23)13-16-10-11-21-24(16)15-7-5-6-14(20)12-15/h3-12H,2,13H2,1H3. The number of fused-ring (bicyclic) bond motifs is 1. The molecule has 4 rings (SSSR count). The minimum Gasteiger partial charge on any atom is -0.328 e. The van der Waals surface area contributed by atoms with Gasteiger partial charge in [-0.3, -0.25) is 0 Å². The van der Waals surface area contributed by atoms with Crippen LogP contribution < -0.4 is 0 Å². The van der Waals surface area contributed by atoms with E-state index < -0.39 is 0 Å². The lowest BCUT2D eigenvalue weighted by Gasteiger charge is -2.09. The fourth-order valence-electron chi connectivity index (χ4n) is 3.08. The van der Waals surface area contributed by atoms with Crippen LogP contribution in [0.4, 0.5) is 4.39 Å². The largest absolute Gasteiger partial charge is 0.328 e. The summed E-state index contributed by atoms with van der Waals surface area (Å²) in [7, 11) is 0. The number of aromatic nitrogens is 4. The van der Waals surface area contributed by atoms with Crippen LogP contribution in [-0.2, 0) is 13.0 Å². The molecule has 2 aromatic carbocycles. The molecule has 0 atom stereocenters. The molecule has 0 radical (unpaired) electrons. The topological polar surface area (TPSA) is 35.6 Å². The van der Waals surface area contributed by atoms with E-state index in [0.29, 0.717) is 12.1 Å². The van der Waals surface area contributed by atoms with Crippen molar-refractivity contribution in [2.45, 2.75) is 19.9 Å². The summed E-state index contributed by atoms with van der Waals surface area (Å²) in [5.41, 5.74) is 3.82. The van der Waals surface area contributed by atoms with E-state index in [9.17, 15) is 4.39 Å². The van der Waals surface area contributed by atoms with E-state index in [0.717, 1.165) is 29.1 Å². The fraction of sp³-hybridized carbons (Fsp3) is 0.158. The summed E-state index contributed by atoms with van der Waals surface area (Å²) in [5, 5.41) is 4.35. The van der Waals surface area contributed by atoms with Gasteiger partial charge in [-0.05, 0) is 43.3 Å². The molecule has 4 aromatic rings. The van der Waals surface area contributed by atoms with Crippen molar-refractivity contribution < 1.29 is 4.39 Å². The van der Waals surface area contributed by atoms with E-state index in [4.69, 9.17) is 4.98 Å². The Kier molecular flexibility index (Phi) is 3.61. The van der Waals surface area contributed by atoms with E-state index in [-0.39, 0.29) is 5.82 Å². The van der Waals surface area contributed by atoms with Gasteiger partial charge in [0.2, 0.25) is 0 Å². The zero-order chi connectivity index (χ0) is 16.5. The Morgan fingerprint density at radius 1 is 1.04 bits per heavy atom. The lowest BCUT2D eigenvalue weighted by Crippen LogP contribution is -2.07. The first kappa shape index (κ1) is 14.6. The number of para-hydroxylation sites is 2. The molecule has 0 bridgehead atoms. The van der Waals surface area contributed by atoms with E-state index in [1.807, 2.05) is 30.3 Å². The average Bonchev–Trinajstić information content (AvgIpc) is 3.19. The van der Waals surface area contributed by atoms with Gasteiger partial charge >= 0.3 is 0 Å². The highest BCUT2D eigenvalue weighted by Gasteiger charge is 2.13. The molecule has 0 saturated carbocycles. The van der Waals surface area contributed by atoms with Gasteiger partial charge < -0.3 is 4.57 Å². The molecule has 0 spiro atoms. The zero-order valence-electron chi connectivity index (χ0n) is 13.4. The van der Waals surface area contributed by atoms with Crippen LogP contribution in [0.5, 0.6) is 0 Å². The van der Waals surface area contributed by atoms with Gasteiger partial charge in [0.05, 0.1) is 22.4 Å². The molecule has 2 heterocycles. The first-order chi connectivity index (χ1) is 11.8. The molecule has 120 valence electrons. The van der Waals surface area contributed by atoms with Crippen molar-refractivity contribution in [3.8, 4) is 5.69 Å². The van der Waals surface area contributed by atoms with Crippen LogP contribution >= 0.6 is 0 Å². The summed E-state index contributed by atoms with van der Waals surface area (Å²) in [6.45, 7) is 2.96. The van der Waals surface area contributed by atoms with Gasteiger partial charge in [0.1, 0.15) is 11.6 Å². The molecular weight excluding hydrogens is 303 g/mol. The van der Waals surface area contributed by atoms with Crippen molar-refractivity contribution in [2.75, 3.05) is 0 Å². The van der Waals surface area contributed by atoms with E-state index >= 15 is 0 Å². The number of benzene rings is 2. The lowest BCUT2D eigenvalue weighted by atomic mass is 10.2. The molecule has 0 N–H and O–H groups in total. The Hall–Kier alpha value is -2.95. The zero-order valence-corrected chi connectivity index (χ0v) is 13.4. The number of hydrogen-bond acceptors (Lipinski definition) is 2. The predicted molar refractivity (Wildman–Crippen MR) is 91.7 cm³/mol. The summed E-state index contributed by atoms with van der Waals surface area (Å²) in [6, 6.07) is 16.5. The van der Waals surface area contributed by atoms with Gasteiger partial charge in [-0.25, -0.2) is 14.1 Å². The van der Waals surface area contributed by atoms with Crippen molar-refractivity contribution in [3.05, 3.63) is 78.1 Å². The van der Waals surface area contributed by atoms with Gasteiger partial charge in [0, 0.05) is 19.2 Å². The molecule has 5 heteroatoms. The summed E-state index contributed by atoms with van der Waals surface area (Å²) >= 11 is 0. The van der Waals surface area contributed by atoms with E-state index in [2.05, 4.69) is 22.7 Å². The monoisotopic (exact) mass is 320 g/mol. The van der Waals surface area contributed by atoms with Gasteiger partial charge in [-0.15, -0.1) is 0 Å². The maximum absolute atomic E-state index is 13.5. The van der Waals surface area contributed by atoms with Crippen LogP contribution in [0.2, 0.25) is 0 Å². The summed E-state index contributed by atoms with van der Waals surface area (Å²) < 4.78 is 17.5. The highest BCUT2D eigenvalue weighted by atomic mass is 19.1. The third kappa shape index (κ3) is 2.48. The molecule has 2 aromatic heterocycles. The second-order valence-electron chi connectivity index (χ2n) is 5.65. The van der Waals surface area contributed by atoms with Crippen LogP contribution in [0.3, 0.4) is 0 Å². The molecule has 0 unspecified atom stereocenters. The molecule has 0 amide bonds. The van der Waals surface area contributed by atoms with Crippen LogP contribution in [0.1, 0.15) is 18.4 Å². The molecule has 0 aliphatic rings. The van der Waals surface area contributed by atoms with Crippen molar-refractivity contribution in [1.29, 1.82) is 0 Å². The summed E-state index contributed by atoms with van der Waals surface area (Å²) in [5.74, 6) is 0.714. The summed E-state index contributed by atoms with van der Waals surface area (Å²) in [6.07, 6.45) is 2.37. The number of rotatable bonds is 4. The molecule has 0 fully saturated rings. The van der Waals surface area contributed by atoms with Crippen molar-refractivity contribution >= 4 is 11.0 Å². The molecule has 24 heavy (non-hydrogen) atoms. The van der Waals surface area contributed by atoms with Crippen molar-refractivity contribution in [3.63, 3.8) is 0 Å². The Morgan fingerprint density at radius 3 is 2.75 bits per heavy atom. The smallest absolute Gasteiger partial charge is 0.125 e. The lowest BCUT2D eigenvalue weighted by molar-refractivity contribution is 0.624. The SMILES string of the molecule is CCn1c(Cc2ccnn2-c2cccc(F)c2)nc2ccccc21. The van der Waals surface area contributed by atoms with Gasteiger partial charge in [0.25, 0.3) is 0 Å². The third-order valence-electron chi connectivity index (χ3n) is 4.16. The number of halogens is 1.